The van der Waals surface area contributed by atoms with E-state index in [2.05, 4.69) is 36.6 Å². The number of aromatic amines is 2. The molecule has 5 rings (SSSR count). The van der Waals surface area contributed by atoms with Crippen LogP contribution in [0.3, 0.4) is 0 Å². The quantitative estimate of drug-likeness (QED) is 0.0959. The third-order valence-electron chi connectivity index (χ3n) is 7.38. The van der Waals surface area contributed by atoms with Gasteiger partial charge in [-0.15, -0.1) is 0 Å². The first-order valence-electron chi connectivity index (χ1n) is 14.7. The Hall–Kier alpha value is -4.47. The van der Waals surface area contributed by atoms with Crippen LogP contribution in [-0.2, 0) is 28.9 Å². The number of nitrogens with one attached hydrogen (secondary N) is 4. The van der Waals surface area contributed by atoms with Crippen LogP contribution in [0.2, 0.25) is 0 Å². The molecule has 0 bridgehead atoms. The Balaban J connectivity index is 1.19. The summed E-state index contributed by atoms with van der Waals surface area (Å²) in [6.45, 7) is 3.31. The molecule has 1 aliphatic rings. The molecule has 0 atom stereocenters. The highest BCUT2D eigenvalue weighted by Gasteiger charge is 2.22. The number of halogens is 1. The molecule has 220 valence electrons. The molecule has 0 saturated heterocycles. The van der Waals surface area contributed by atoms with E-state index in [1.165, 1.54) is 0 Å². The van der Waals surface area contributed by atoms with Crippen LogP contribution < -0.4 is 15.4 Å². The molecule has 42 heavy (non-hydrogen) atoms. The fraction of sp³-hybridized carbons (Fsp3) is 0.375. The van der Waals surface area contributed by atoms with E-state index < -0.39 is 0 Å². The molecule has 2 amide bonds. The zero-order valence-corrected chi connectivity index (χ0v) is 23.9. The normalized spacial score (nSPS) is 11.9. The molecule has 0 fully saturated rings. The third-order valence-corrected chi connectivity index (χ3v) is 7.38. The number of aromatic nitrogens is 4. The fourth-order valence-electron chi connectivity index (χ4n) is 5.14. The van der Waals surface area contributed by atoms with Crippen molar-refractivity contribution >= 4 is 12.3 Å². The maximum Gasteiger partial charge on any atom is 0.219 e. The summed E-state index contributed by atoms with van der Waals surface area (Å²) in [5, 5.41) is 5.59. The van der Waals surface area contributed by atoms with E-state index in [1.54, 1.807) is 18.3 Å². The molecule has 0 saturated carbocycles. The lowest BCUT2D eigenvalue weighted by atomic mass is 9.96. The van der Waals surface area contributed by atoms with E-state index in [0.717, 1.165) is 84.7 Å². The number of unbranched alkanes of at least 4 members (excludes halogenated alkanes) is 2. The highest BCUT2D eigenvalue weighted by molar-refractivity contribution is 5.75. The summed E-state index contributed by atoms with van der Waals surface area (Å²) in [5.41, 5.74) is 4.72. The zero-order chi connectivity index (χ0) is 29.3. The van der Waals surface area contributed by atoms with Gasteiger partial charge in [0.15, 0.2) is 0 Å². The molecule has 2 aromatic heterocycles. The van der Waals surface area contributed by atoms with Crippen molar-refractivity contribution in [1.82, 2.24) is 30.6 Å². The summed E-state index contributed by atoms with van der Waals surface area (Å²) < 4.78 is 21.4. The lowest BCUT2D eigenvalue weighted by Gasteiger charge is -2.21. The zero-order valence-electron chi connectivity index (χ0n) is 23.9. The summed E-state index contributed by atoms with van der Waals surface area (Å²) in [4.78, 5) is 37.5. The summed E-state index contributed by atoms with van der Waals surface area (Å²) in [6.07, 6.45) is 11.3. The Morgan fingerprint density at radius 2 is 1.67 bits per heavy atom. The van der Waals surface area contributed by atoms with Gasteiger partial charge in [0.25, 0.3) is 0 Å². The van der Waals surface area contributed by atoms with Crippen molar-refractivity contribution in [1.29, 1.82) is 0 Å². The number of aryl methyl sites for hydroxylation is 2. The molecule has 4 N–H and O–H groups in total. The van der Waals surface area contributed by atoms with Gasteiger partial charge in [-0.05, 0) is 68.0 Å². The lowest BCUT2D eigenvalue weighted by molar-refractivity contribution is -0.121. The van der Waals surface area contributed by atoms with Crippen molar-refractivity contribution in [3.8, 4) is 34.0 Å². The minimum Gasteiger partial charge on any atom is -0.457 e. The highest BCUT2D eigenvalue weighted by Crippen LogP contribution is 2.41. The van der Waals surface area contributed by atoms with E-state index in [4.69, 9.17) is 4.74 Å². The van der Waals surface area contributed by atoms with Crippen LogP contribution in [0.5, 0.6) is 11.5 Å². The molecular weight excluding hydrogens is 535 g/mol. The summed E-state index contributed by atoms with van der Waals surface area (Å²) in [5.74, 6) is 2.87. The van der Waals surface area contributed by atoms with E-state index >= 15 is 4.39 Å². The van der Waals surface area contributed by atoms with E-state index in [0.29, 0.717) is 49.3 Å². The Morgan fingerprint density at radius 3 is 2.43 bits per heavy atom. The summed E-state index contributed by atoms with van der Waals surface area (Å²) in [6, 6.07) is 9.30. The van der Waals surface area contributed by atoms with Crippen molar-refractivity contribution in [3.05, 3.63) is 71.3 Å². The van der Waals surface area contributed by atoms with E-state index in [1.807, 2.05) is 25.3 Å². The number of ether oxygens (including phenoxy) is 1. The molecule has 9 nitrogen and oxygen atoms in total. The molecule has 0 unspecified atom stereocenters. The van der Waals surface area contributed by atoms with Crippen LogP contribution in [0.25, 0.3) is 22.5 Å². The number of hydrogen-bond donors (Lipinski definition) is 4. The summed E-state index contributed by atoms with van der Waals surface area (Å²) >= 11 is 0. The van der Waals surface area contributed by atoms with Crippen LogP contribution in [0.15, 0.2) is 42.7 Å². The minimum atomic E-state index is -0.328. The largest absolute Gasteiger partial charge is 0.457 e. The smallest absolute Gasteiger partial charge is 0.219 e. The van der Waals surface area contributed by atoms with Crippen molar-refractivity contribution in [2.45, 2.75) is 64.7 Å². The molecule has 0 radical (unpaired) electrons. The van der Waals surface area contributed by atoms with Gasteiger partial charge in [0, 0.05) is 55.5 Å². The summed E-state index contributed by atoms with van der Waals surface area (Å²) in [7, 11) is 0. The first kappa shape index (κ1) is 29.0. The molecular formula is C32H37FN6O3. The van der Waals surface area contributed by atoms with Crippen molar-refractivity contribution in [2.24, 2.45) is 0 Å². The average Bonchev–Trinajstić information content (AvgIpc) is 3.66. The Kier molecular flexibility index (Phi) is 9.63. The minimum absolute atomic E-state index is 0.111. The van der Waals surface area contributed by atoms with E-state index in [9.17, 15) is 9.59 Å². The van der Waals surface area contributed by atoms with Crippen LogP contribution in [-0.4, -0.2) is 45.3 Å². The van der Waals surface area contributed by atoms with Gasteiger partial charge >= 0.3 is 0 Å². The van der Waals surface area contributed by atoms with Gasteiger partial charge in [-0.2, -0.15) is 0 Å². The number of H-pyrrole nitrogens is 2. The number of rotatable bonds is 15. The molecule has 3 heterocycles. The lowest BCUT2D eigenvalue weighted by Crippen LogP contribution is -2.23. The standard InChI is InChI=1S/C32H37FN6O3/c1-2-7-32(41)35-13-6-4-9-30-36-18-26(38-30)21-10-11-28-22(14-21)15-23-16-25(33)24(17-29(23)42-28)27-19-37-31(39-27)8-3-5-12-34-20-40/h10-11,14,16-20H,2-9,12-13,15H2,1H3,(H,34,40)(H,35,41)(H,36,38)(H,37,39). The van der Waals surface area contributed by atoms with Gasteiger partial charge in [-0.1, -0.05) is 6.92 Å². The van der Waals surface area contributed by atoms with E-state index in [-0.39, 0.29) is 11.7 Å². The molecule has 0 aliphatic carbocycles. The van der Waals surface area contributed by atoms with Gasteiger partial charge in [-0.3, -0.25) is 9.59 Å². The number of imidazole rings is 2. The van der Waals surface area contributed by atoms with Gasteiger partial charge in [0.2, 0.25) is 12.3 Å². The predicted molar refractivity (Wildman–Crippen MR) is 159 cm³/mol. The topological polar surface area (TPSA) is 125 Å². The van der Waals surface area contributed by atoms with Gasteiger partial charge in [0.05, 0.1) is 23.8 Å². The molecule has 4 aromatic rings. The third kappa shape index (κ3) is 7.23. The molecule has 10 heteroatoms. The van der Waals surface area contributed by atoms with Crippen molar-refractivity contribution in [2.75, 3.05) is 13.1 Å². The molecule has 1 aliphatic heterocycles. The number of amides is 2. The first-order valence-corrected chi connectivity index (χ1v) is 14.7. The van der Waals surface area contributed by atoms with Crippen LogP contribution in [0, 0.1) is 5.82 Å². The average molecular weight is 573 g/mol. The second kappa shape index (κ2) is 13.9. The Morgan fingerprint density at radius 1 is 0.952 bits per heavy atom. The Labute approximate surface area is 244 Å². The monoisotopic (exact) mass is 572 g/mol. The number of carbonyl (C=O) groups excluding carboxylic acids is 2. The van der Waals surface area contributed by atoms with Gasteiger partial charge in [0.1, 0.15) is 29.0 Å². The number of fused-ring (bicyclic) bond motifs is 2. The van der Waals surface area contributed by atoms with Gasteiger partial charge < -0.3 is 25.3 Å². The van der Waals surface area contributed by atoms with Crippen LogP contribution in [0.4, 0.5) is 4.39 Å². The second-order valence-corrected chi connectivity index (χ2v) is 10.6. The SMILES string of the molecule is CCCC(=O)NCCCCc1ncc(-c2ccc3c(c2)Cc2cc(F)c(-c4cnc(CCCCNC=O)[nH]4)cc2O3)[nH]1. The number of nitrogens with zero attached hydrogens (tertiary/aromatic N) is 2. The fourth-order valence-corrected chi connectivity index (χ4v) is 5.14. The number of benzene rings is 2. The first-order chi connectivity index (χ1) is 20.5. The number of hydrogen-bond acceptors (Lipinski definition) is 5. The maximum atomic E-state index is 15.2. The molecule has 2 aromatic carbocycles. The Bertz CT molecular complexity index is 1530. The highest BCUT2D eigenvalue weighted by atomic mass is 19.1. The van der Waals surface area contributed by atoms with Gasteiger partial charge in [-0.25, -0.2) is 14.4 Å². The molecule has 0 spiro atoms. The predicted octanol–water partition coefficient (Wildman–Crippen LogP) is 5.61. The second-order valence-electron chi connectivity index (χ2n) is 10.6. The van der Waals surface area contributed by atoms with Crippen LogP contribution in [0.1, 0.15) is 68.2 Å². The van der Waals surface area contributed by atoms with Crippen molar-refractivity contribution in [3.63, 3.8) is 0 Å². The number of carbonyl (C=O) groups is 2. The van der Waals surface area contributed by atoms with Crippen molar-refractivity contribution < 1.29 is 18.7 Å². The maximum absolute atomic E-state index is 15.2. The van der Waals surface area contributed by atoms with Crippen LogP contribution >= 0.6 is 0 Å².